The Labute approximate surface area is 132 Å². The van der Waals surface area contributed by atoms with Crippen LogP contribution in [-0.2, 0) is 6.54 Å². The fourth-order valence-electron chi connectivity index (χ4n) is 2.42. The van der Waals surface area contributed by atoms with Gasteiger partial charge < -0.3 is 0 Å². The summed E-state index contributed by atoms with van der Waals surface area (Å²) in [5, 5.41) is 9.20. The van der Waals surface area contributed by atoms with Crippen LogP contribution in [0.1, 0.15) is 39.0 Å². The van der Waals surface area contributed by atoms with E-state index < -0.39 is 0 Å². The number of unbranched alkanes of at least 4 members (excludes halogenated alkanes) is 3. The van der Waals surface area contributed by atoms with Gasteiger partial charge in [0.05, 0.1) is 12.7 Å². The Balaban J connectivity index is 1.88. The fourth-order valence-corrected chi connectivity index (χ4v) is 3.12. The lowest BCUT2D eigenvalue weighted by Crippen LogP contribution is -2.13. The molecule has 0 aliphatic rings. The Morgan fingerprint density at radius 1 is 1.14 bits per heavy atom. The third kappa shape index (κ3) is 5.20. The number of hydrogen-bond acceptors (Lipinski definition) is 3. The van der Waals surface area contributed by atoms with E-state index in [4.69, 9.17) is 0 Å². The number of aromatic nitrogens is 3. The fraction of sp³-hybridized carbons (Fsp3) is 0.529. The Morgan fingerprint density at radius 3 is 2.67 bits per heavy atom. The molecule has 0 amide bonds. The third-order valence-electron chi connectivity index (χ3n) is 3.71. The monoisotopic (exact) mass is 303 g/mol. The summed E-state index contributed by atoms with van der Waals surface area (Å²) in [6.07, 6.45) is 10.8. The number of nitrogens with zero attached hydrogens (tertiary/aromatic N) is 3. The van der Waals surface area contributed by atoms with Crippen LogP contribution in [0.3, 0.4) is 0 Å². The van der Waals surface area contributed by atoms with Crippen molar-refractivity contribution in [3.05, 3.63) is 36.5 Å². The van der Waals surface area contributed by atoms with Gasteiger partial charge in [0, 0.05) is 10.8 Å². The first-order chi connectivity index (χ1) is 10.3. The maximum atomic E-state index is 4.29. The molecular weight excluding hydrogens is 278 g/mol. The highest BCUT2D eigenvalue weighted by atomic mass is 32.2. The highest BCUT2D eigenvalue weighted by molar-refractivity contribution is 7.99. The zero-order valence-corrected chi connectivity index (χ0v) is 13.9. The molecule has 1 aromatic heterocycles. The number of rotatable bonds is 9. The summed E-state index contributed by atoms with van der Waals surface area (Å²) in [6, 6.07) is 10.2. The maximum Gasteiger partial charge on any atom is 0.113 e. The van der Waals surface area contributed by atoms with Gasteiger partial charge in [-0.3, -0.25) is 4.68 Å². The second kappa shape index (κ2) is 8.88. The topological polar surface area (TPSA) is 30.7 Å². The Bertz CT molecular complexity index is 510. The van der Waals surface area contributed by atoms with Gasteiger partial charge in [-0.15, -0.1) is 5.10 Å². The van der Waals surface area contributed by atoms with Gasteiger partial charge in [0.2, 0.25) is 0 Å². The van der Waals surface area contributed by atoms with E-state index in [1.54, 1.807) is 0 Å². The van der Waals surface area contributed by atoms with E-state index in [0.717, 1.165) is 17.8 Å². The van der Waals surface area contributed by atoms with Crippen molar-refractivity contribution in [1.82, 2.24) is 15.0 Å². The van der Waals surface area contributed by atoms with Crippen molar-refractivity contribution >= 4 is 11.8 Å². The Hall–Kier alpha value is -1.29. The molecule has 0 N–H and O–H groups in total. The SMILES string of the molecule is CCCCCCC(Cn1cc(-c2ccccc2)nn1)SC. The molecule has 21 heavy (non-hydrogen) atoms. The zero-order chi connectivity index (χ0) is 14.9. The molecule has 1 unspecified atom stereocenters. The lowest BCUT2D eigenvalue weighted by molar-refractivity contribution is 0.528. The molecular formula is C17H25N3S. The van der Waals surface area contributed by atoms with Gasteiger partial charge in [0.25, 0.3) is 0 Å². The predicted octanol–water partition coefficient (Wildman–Crippen LogP) is 4.65. The quantitative estimate of drug-likeness (QED) is 0.632. The average molecular weight is 303 g/mol. The van der Waals surface area contributed by atoms with Crippen LogP contribution in [-0.4, -0.2) is 26.5 Å². The van der Waals surface area contributed by atoms with Gasteiger partial charge in [-0.2, -0.15) is 11.8 Å². The van der Waals surface area contributed by atoms with E-state index in [-0.39, 0.29) is 0 Å². The lowest BCUT2D eigenvalue weighted by atomic mass is 10.1. The molecule has 0 saturated heterocycles. The van der Waals surface area contributed by atoms with Crippen LogP contribution >= 0.6 is 11.8 Å². The predicted molar refractivity (Wildman–Crippen MR) is 91.5 cm³/mol. The normalized spacial score (nSPS) is 12.5. The molecule has 0 radical (unpaired) electrons. The van der Waals surface area contributed by atoms with E-state index in [9.17, 15) is 0 Å². The van der Waals surface area contributed by atoms with Crippen molar-refractivity contribution in [2.75, 3.05) is 6.26 Å². The molecule has 2 rings (SSSR count). The van der Waals surface area contributed by atoms with Crippen LogP contribution in [0.15, 0.2) is 36.5 Å². The molecule has 3 nitrogen and oxygen atoms in total. The molecule has 0 saturated carbocycles. The molecule has 0 aliphatic carbocycles. The first-order valence-electron chi connectivity index (χ1n) is 7.81. The van der Waals surface area contributed by atoms with E-state index in [1.807, 2.05) is 34.6 Å². The first-order valence-corrected chi connectivity index (χ1v) is 9.10. The van der Waals surface area contributed by atoms with E-state index in [1.165, 1.54) is 32.1 Å². The van der Waals surface area contributed by atoms with Crippen molar-refractivity contribution in [1.29, 1.82) is 0 Å². The van der Waals surface area contributed by atoms with Crippen molar-refractivity contribution in [3.8, 4) is 11.3 Å². The van der Waals surface area contributed by atoms with Gasteiger partial charge in [0.1, 0.15) is 5.69 Å². The third-order valence-corrected chi connectivity index (χ3v) is 4.76. The largest absolute Gasteiger partial charge is 0.251 e. The minimum atomic E-state index is 0.632. The van der Waals surface area contributed by atoms with Gasteiger partial charge >= 0.3 is 0 Å². The summed E-state index contributed by atoms with van der Waals surface area (Å²) in [6.45, 7) is 3.21. The van der Waals surface area contributed by atoms with Gasteiger partial charge in [-0.25, -0.2) is 0 Å². The Kier molecular flexibility index (Phi) is 6.80. The zero-order valence-electron chi connectivity index (χ0n) is 13.0. The maximum absolute atomic E-state index is 4.29. The van der Waals surface area contributed by atoms with Gasteiger partial charge in [-0.05, 0) is 12.7 Å². The summed E-state index contributed by atoms with van der Waals surface area (Å²) >= 11 is 1.94. The van der Waals surface area contributed by atoms with Crippen LogP contribution in [0.25, 0.3) is 11.3 Å². The number of benzene rings is 1. The highest BCUT2D eigenvalue weighted by Gasteiger charge is 2.10. The van der Waals surface area contributed by atoms with Gasteiger partial charge in [0.15, 0.2) is 0 Å². The van der Waals surface area contributed by atoms with E-state index in [0.29, 0.717) is 5.25 Å². The number of hydrogen-bond donors (Lipinski definition) is 0. The average Bonchev–Trinajstić information content (AvgIpc) is 3.00. The minimum Gasteiger partial charge on any atom is -0.251 e. The summed E-state index contributed by atoms with van der Waals surface area (Å²) in [7, 11) is 0. The molecule has 0 aliphatic heterocycles. The summed E-state index contributed by atoms with van der Waals surface area (Å²) in [4.78, 5) is 0. The summed E-state index contributed by atoms with van der Waals surface area (Å²) in [5.74, 6) is 0. The highest BCUT2D eigenvalue weighted by Crippen LogP contribution is 2.19. The second-order valence-corrected chi connectivity index (χ2v) is 6.54. The Morgan fingerprint density at radius 2 is 1.95 bits per heavy atom. The van der Waals surface area contributed by atoms with Crippen LogP contribution in [0.5, 0.6) is 0 Å². The first kappa shape index (κ1) is 16.1. The summed E-state index contributed by atoms with van der Waals surface area (Å²) in [5.41, 5.74) is 2.09. The summed E-state index contributed by atoms with van der Waals surface area (Å²) < 4.78 is 1.99. The smallest absolute Gasteiger partial charge is 0.113 e. The molecule has 1 atom stereocenters. The molecule has 4 heteroatoms. The molecule has 2 aromatic rings. The van der Waals surface area contributed by atoms with Crippen molar-refractivity contribution in [2.45, 2.75) is 50.8 Å². The van der Waals surface area contributed by atoms with Crippen molar-refractivity contribution in [3.63, 3.8) is 0 Å². The van der Waals surface area contributed by atoms with E-state index in [2.05, 4.69) is 41.8 Å². The van der Waals surface area contributed by atoms with Crippen LogP contribution in [0.4, 0.5) is 0 Å². The molecule has 1 heterocycles. The molecule has 1 aromatic carbocycles. The second-order valence-electron chi connectivity index (χ2n) is 5.40. The molecule has 0 bridgehead atoms. The van der Waals surface area contributed by atoms with Crippen LogP contribution in [0, 0.1) is 0 Å². The standard InChI is InChI=1S/C17H25N3S/c1-3-4-5-9-12-16(21-2)13-20-14-17(18-19-20)15-10-7-6-8-11-15/h6-8,10-11,14,16H,3-5,9,12-13H2,1-2H3. The van der Waals surface area contributed by atoms with Crippen molar-refractivity contribution < 1.29 is 0 Å². The van der Waals surface area contributed by atoms with Crippen LogP contribution in [0.2, 0.25) is 0 Å². The number of thioether (sulfide) groups is 1. The minimum absolute atomic E-state index is 0.632. The van der Waals surface area contributed by atoms with E-state index >= 15 is 0 Å². The van der Waals surface area contributed by atoms with Crippen LogP contribution < -0.4 is 0 Å². The molecule has 0 spiro atoms. The molecule has 114 valence electrons. The van der Waals surface area contributed by atoms with Crippen molar-refractivity contribution in [2.24, 2.45) is 0 Å². The molecule has 0 fully saturated rings. The lowest BCUT2D eigenvalue weighted by Gasteiger charge is -2.13. The van der Waals surface area contributed by atoms with Gasteiger partial charge in [-0.1, -0.05) is 68.2 Å².